The molecule has 2 N–H and O–H groups in total. The number of fused-ring (bicyclic) bond motifs is 2. The monoisotopic (exact) mass is 669 g/mol. The van der Waals surface area contributed by atoms with Gasteiger partial charge in [0.05, 0.1) is 24.5 Å². The van der Waals surface area contributed by atoms with Crippen molar-refractivity contribution in [1.82, 2.24) is 24.9 Å². The van der Waals surface area contributed by atoms with Gasteiger partial charge in [0, 0.05) is 59.3 Å². The van der Waals surface area contributed by atoms with Crippen molar-refractivity contribution in [1.29, 1.82) is 0 Å². The van der Waals surface area contributed by atoms with Crippen LogP contribution in [0.1, 0.15) is 101 Å². The van der Waals surface area contributed by atoms with Crippen LogP contribution in [0.4, 0.5) is 11.4 Å². The molecule has 0 bridgehead atoms. The number of para-hydroxylation sites is 1. The molecule has 0 saturated carbocycles. The molecule has 3 heterocycles. The number of hydrogen-bond donors (Lipinski definition) is 2. The molecule has 2 atom stereocenters. The summed E-state index contributed by atoms with van der Waals surface area (Å²) in [5.41, 5.74) is 9.45. The van der Waals surface area contributed by atoms with E-state index >= 15 is 0 Å². The zero-order valence-corrected chi connectivity index (χ0v) is 28.9. The Morgan fingerprint density at radius 3 is 2.50 bits per heavy atom. The Hall–Kier alpha value is -5.51. The SMILES string of the molecule is CCC(=O)N1c2ccccc2[C@H](Nc2ccc(C(=O)NCc3cn(-c4ccc(Cn5c(CC)cc6c5CCCC6=O)cc4)nn3)cc2)C[C@@H]1C. The number of aromatic nitrogens is 4. The number of Topliss-reactive ketones (excluding diaryl/α,β-unsaturated/α-hetero) is 1. The first-order valence-corrected chi connectivity index (χ1v) is 17.6. The van der Waals surface area contributed by atoms with E-state index in [4.69, 9.17) is 0 Å². The number of nitrogens with one attached hydrogen (secondary N) is 2. The van der Waals surface area contributed by atoms with Crippen molar-refractivity contribution in [2.75, 3.05) is 10.2 Å². The van der Waals surface area contributed by atoms with E-state index < -0.39 is 0 Å². The van der Waals surface area contributed by atoms with Crippen LogP contribution in [-0.2, 0) is 30.7 Å². The molecule has 1 aliphatic carbocycles. The number of carbonyl (C=O) groups excluding carboxylic acids is 3. The Morgan fingerprint density at radius 2 is 1.74 bits per heavy atom. The largest absolute Gasteiger partial charge is 0.378 e. The molecule has 0 spiro atoms. The van der Waals surface area contributed by atoms with Gasteiger partial charge in [0.15, 0.2) is 5.78 Å². The highest BCUT2D eigenvalue weighted by Gasteiger charge is 2.33. The molecule has 2 aromatic heterocycles. The standard InChI is InChI=1S/C40H43N7O3/c1-4-31-22-34-36(11-8-12-38(34)48)45(31)24-27-13-19-32(20-14-27)46-25-30(43-44-46)23-41-40(50)28-15-17-29(18-16-28)42-35-21-26(3)47(39(49)5-2)37-10-7-6-9-33(35)37/h6-7,9-10,13-20,22,25-26,35,42H,4-5,8,11-12,21,23-24H2,1-3H3,(H,41,50)/t26-,35+/m0/s1. The van der Waals surface area contributed by atoms with Gasteiger partial charge >= 0.3 is 0 Å². The molecular formula is C40H43N7O3. The zero-order chi connectivity index (χ0) is 34.8. The predicted molar refractivity (Wildman–Crippen MR) is 194 cm³/mol. The number of aryl methyl sites for hydroxylation is 1. The summed E-state index contributed by atoms with van der Waals surface area (Å²) >= 11 is 0. The van der Waals surface area contributed by atoms with Gasteiger partial charge in [-0.2, -0.15) is 0 Å². The van der Waals surface area contributed by atoms with E-state index in [0.717, 1.165) is 71.7 Å². The lowest BCUT2D eigenvalue weighted by atomic mass is 9.91. The minimum atomic E-state index is -0.193. The predicted octanol–water partition coefficient (Wildman–Crippen LogP) is 6.82. The van der Waals surface area contributed by atoms with Crippen LogP contribution in [0.5, 0.6) is 0 Å². The maximum atomic E-state index is 13.0. The lowest BCUT2D eigenvalue weighted by Crippen LogP contribution is -2.44. The molecule has 1 aliphatic heterocycles. The van der Waals surface area contributed by atoms with Gasteiger partial charge < -0.3 is 20.1 Å². The molecule has 7 rings (SSSR count). The molecular weight excluding hydrogens is 626 g/mol. The Morgan fingerprint density at radius 1 is 0.960 bits per heavy atom. The number of nitrogens with zero attached hydrogens (tertiary/aromatic N) is 5. The minimum absolute atomic E-state index is 0.0473. The van der Waals surface area contributed by atoms with E-state index in [-0.39, 0.29) is 36.2 Å². The molecule has 10 nitrogen and oxygen atoms in total. The van der Waals surface area contributed by atoms with Crippen molar-refractivity contribution < 1.29 is 14.4 Å². The summed E-state index contributed by atoms with van der Waals surface area (Å²) in [6, 6.07) is 25.9. The van der Waals surface area contributed by atoms with Gasteiger partial charge in [0.2, 0.25) is 5.91 Å². The zero-order valence-electron chi connectivity index (χ0n) is 28.9. The van der Waals surface area contributed by atoms with Gasteiger partial charge in [-0.1, -0.05) is 49.4 Å². The summed E-state index contributed by atoms with van der Waals surface area (Å²) < 4.78 is 4.02. The van der Waals surface area contributed by atoms with Gasteiger partial charge in [0.25, 0.3) is 5.91 Å². The topological polar surface area (TPSA) is 114 Å². The van der Waals surface area contributed by atoms with Gasteiger partial charge in [-0.3, -0.25) is 14.4 Å². The second-order valence-corrected chi connectivity index (χ2v) is 13.3. The van der Waals surface area contributed by atoms with E-state index in [1.807, 2.05) is 72.6 Å². The first kappa shape index (κ1) is 33.0. The molecule has 2 aliphatic rings. The maximum Gasteiger partial charge on any atom is 0.251 e. The normalized spacial score (nSPS) is 16.9. The van der Waals surface area contributed by atoms with Crippen molar-refractivity contribution in [3.63, 3.8) is 0 Å². The molecule has 50 heavy (non-hydrogen) atoms. The van der Waals surface area contributed by atoms with E-state index in [9.17, 15) is 14.4 Å². The van der Waals surface area contributed by atoms with Gasteiger partial charge in [-0.15, -0.1) is 5.10 Å². The van der Waals surface area contributed by atoms with Crippen molar-refractivity contribution in [2.45, 2.75) is 84.5 Å². The lowest BCUT2D eigenvalue weighted by molar-refractivity contribution is -0.118. The second kappa shape index (κ2) is 14.2. The fourth-order valence-electron chi connectivity index (χ4n) is 7.33. The van der Waals surface area contributed by atoms with Crippen LogP contribution in [0, 0.1) is 0 Å². The summed E-state index contributed by atoms with van der Waals surface area (Å²) in [7, 11) is 0. The summed E-state index contributed by atoms with van der Waals surface area (Å²) in [5.74, 6) is 0.194. The number of carbonyl (C=O) groups is 3. The fourth-order valence-corrected chi connectivity index (χ4v) is 7.33. The highest BCUT2D eigenvalue weighted by Crippen LogP contribution is 2.39. The highest BCUT2D eigenvalue weighted by atomic mass is 16.2. The Kier molecular flexibility index (Phi) is 9.34. The van der Waals surface area contributed by atoms with Crippen LogP contribution in [0.15, 0.2) is 85.1 Å². The molecule has 0 saturated heterocycles. The Labute approximate surface area is 292 Å². The number of amides is 2. The summed E-state index contributed by atoms with van der Waals surface area (Å²) in [4.78, 5) is 40.1. The molecule has 10 heteroatoms. The molecule has 0 unspecified atom stereocenters. The quantitative estimate of drug-likeness (QED) is 0.169. The van der Waals surface area contributed by atoms with Gasteiger partial charge in [-0.25, -0.2) is 4.68 Å². The first-order chi connectivity index (χ1) is 24.3. The van der Waals surface area contributed by atoms with Gasteiger partial charge in [0.1, 0.15) is 5.69 Å². The Bertz CT molecular complexity index is 2030. The molecule has 256 valence electrons. The highest BCUT2D eigenvalue weighted by molar-refractivity contribution is 5.98. The Balaban J connectivity index is 0.949. The molecule has 5 aromatic rings. The van der Waals surface area contributed by atoms with E-state index in [1.165, 1.54) is 5.69 Å². The van der Waals surface area contributed by atoms with Gasteiger partial charge in [-0.05, 0) is 92.3 Å². The summed E-state index contributed by atoms with van der Waals surface area (Å²) in [5, 5.41) is 15.1. The third-order valence-corrected chi connectivity index (χ3v) is 9.94. The lowest BCUT2D eigenvalue weighted by Gasteiger charge is -2.40. The van der Waals surface area contributed by atoms with Crippen LogP contribution in [0.3, 0.4) is 0 Å². The average molecular weight is 670 g/mol. The second-order valence-electron chi connectivity index (χ2n) is 13.3. The minimum Gasteiger partial charge on any atom is -0.378 e. The van der Waals surface area contributed by atoms with Crippen LogP contribution in [-0.4, -0.2) is 43.2 Å². The molecule has 3 aromatic carbocycles. The number of anilines is 2. The molecule has 2 amide bonds. The van der Waals surface area contributed by atoms with Crippen molar-refractivity contribution in [2.24, 2.45) is 0 Å². The summed E-state index contributed by atoms with van der Waals surface area (Å²) in [6.07, 6.45) is 6.46. The maximum absolute atomic E-state index is 13.0. The third kappa shape index (κ3) is 6.57. The van der Waals surface area contributed by atoms with Crippen LogP contribution in [0.25, 0.3) is 5.69 Å². The van der Waals surface area contributed by atoms with Crippen LogP contribution in [0.2, 0.25) is 0 Å². The number of ketones is 1. The van der Waals surface area contributed by atoms with Crippen LogP contribution < -0.4 is 15.5 Å². The average Bonchev–Trinajstić information content (AvgIpc) is 3.76. The smallest absolute Gasteiger partial charge is 0.251 e. The van der Waals surface area contributed by atoms with Crippen LogP contribution >= 0.6 is 0 Å². The first-order valence-electron chi connectivity index (χ1n) is 17.6. The van der Waals surface area contributed by atoms with E-state index in [2.05, 4.69) is 63.6 Å². The van der Waals surface area contributed by atoms with Crippen molar-refractivity contribution in [3.8, 4) is 5.69 Å². The van der Waals surface area contributed by atoms with Crippen molar-refractivity contribution >= 4 is 29.0 Å². The number of hydrogen-bond acceptors (Lipinski definition) is 6. The number of rotatable bonds is 10. The fraction of sp³-hybridized carbons (Fsp3) is 0.325. The number of benzene rings is 3. The molecule has 0 radical (unpaired) electrons. The van der Waals surface area contributed by atoms with E-state index in [0.29, 0.717) is 24.1 Å². The van der Waals surface area contributed by atoms with E-state index in [1.54, 1.807) is 4.68 Å². The third-order valence-electron chi connectivity index (χ3n) is 9.94. The van der Waals surface area contributed by atoms with Crippen molar-refractivity contribution in [3.05, 3.63) is 124 Å². The molecule has 0 fully saturated rings. The summed E-state index contributed by atoms with van der Waals surface area (Å²) in [6.45, 7) is 7.09.